The molecule has 0 fully saturated rings. The first-order chi connectivity index (χ1) is 8.91. The first kappa shape index (κ1) is 18.4. The molecule has 3 unspecified atom stereocenters. The van der Waals surface area contributed by atoms with Crippen molar-refractivity contribution in [1.82, 2.24) is 5.32 Å². The highest BCUT2D eigenvalue weighted by Crippen LogP contribution is 2.06. The third kappa shape index (κ3) is 5.59. The summed E-state index contributed by atoms with van der Waals surface area (Å²) in [5.41, 5.74) is 6.35. The molecule has 1 rings (SSSR count). The molecule has 0 aromatic heterocycles. The van der Waals surface area contributed by atoms with Crippen LogP contribution in [0.5, 0.6) is 0 Å². The van der Waals surface area contributed by atoms with E-state index in [4.69, 9.17) is 5.73 Å². The molecule has 0 aliphatic carbocycles. The number of rotatable bonds is 5. The predicted octanol–water partition coefficient (Wildman–Crippen LogP) is 1.53. The molecule has 5 nitrogen and oxygen atoms in total. The van der Waals surface area contributed by atoms with Gasteiger partial charge in [-0.1, -0.05) is 25.1 Å². The summed E-state index contributed by atoms with van der Waals surface area (Å²) in [5.74, 6) is -0.797. The minimum Gasteiger partial charge on any atom is -0.344 e. The Morgan fingerprint density at radius 2 is 1.60 bits per heavy atom. The van der Waals surface area contributed by atoms with Crippen LogP contribution in [-0.4, -0.2) is 23.9 Å². The Balaban J connectivity index is 0.00000361. The number of benzene rings is 1. The zero-order valence-corrected chi connectivity index (χ0v) is 12.7. The number of anilines is 1. The number of carbonyl (C=O) groups is 2. The van der Waals surface area contributed by atoms with Crippen LogP contribution in [0.1, 0.15) is 20.8 Å². The Hall–Kier alpha value is -1.59. The molecule has 112 valence electrons. The van der Waals surface area contributed by atoms with Crippen LogP contribution in [0.4, 0.5) is 5.69 Å². The Bertz CT molecular complexity index is 437. The molecule has 0 radical (unpaired) electrons. The smallest absolute Gasteiger partial charge is 0.246 e. The average molecular weight is 300 g/mol. The van der Waals surface area contributed by atoms with E-state index in [1.165, 1.54) is 0 Å². The molecule has 0 spiro atoms. The van der Waals surface area contributed by atoms with Crippen LogP contribution in [0.15, 0.2) is 30.3 Å². The van der Waals surface area contributed by atoms with Crippen molar-refractivity contribution in [3.63, 3.8) is 0 Å². The summed E-state index contributed by atoms with van der Waals surface area (Å²) in [6, 6.07) is 8.26. The Morgan fingerprint density at radius 1 is 1.05 bits per heavy atom. The number of carbonyl (C=O) groups excluding carboxylic acids is 2. The third-order valence-electron chi connectivity index (χ3n) is 3.00. The Labute approximate surface area is 125 Å². The van der Waals surface area contributed by atoms with E-state index in [0.29, 0.717) is 5.69 Å². The Morgan fingerprint density at radius 3 is 2.10 bits per heavy atom. The maximum Gasteiger partial charge on any atom is 0.246 e. The first-order valence-corrected chi connectivity index (χ1v) is 6.33. The quantitative estimate of drug-likeness (QED) is 0.771. The molecule has 0 saturated carbocycles. The number of nitrogens with two attached hydrogens (primary N) is 1. The maximum atomic E-state index is 11.9. The fourth-order valence-electron chi connectivity index (χ4n) is 1.42. The summed E-state index contributed by atoms with van der Waals surface area (Å²) in [5, 5.41) is 5.38. The van der Waals surface area contributed by atoms with Crippen molar-refractivity contribution in [2.75, 3.05) is 5.32 Å². The summed E-state index contributed by atoms with van der Waals surface area (Å²) in [6.45, 7) is 5.14. The second kappa shape index (κ2) is 8.55. The molecule has 6 heteroatoms. The van der Waals surface area contributed by atoms with Crippen molar-refractivity contribution < 1.29 is 9.59 Å². The monoisotopic (exact) mass is 299 g/mol. The number of hydrogen-bond acceptors (Lipinski definition) is 3. The van der Waals surface area contributed by atoms with Crippen molar-refractivity contribution in [2.24, 2.45) is 11.7 Å². The topological polar surface area (TPSA) is 84.2 Å². The highest BCUT2D eigenvalue weighted by molar-refractivity contribution is 5.97. The minimum atomic E-state index is -0.603. The highest BCUT2D eigenvalue weighted by Gasteiger charge is 2.21. The first-order valence-electron chi connectivity index (χ1n) is 6.33. The van der Waals surface area contributed by atoms with E-state index >= 15 is 0 Å². The molecular weight excluding hydrogens is 278 g/mol. The predicted molar refractivity (Wildman–Crippen MR) is 82.7 cm³/mol. The van der Waals surface area contributed by atoms with E-state index in [0.717, 1.165) is 0 Å². The standard InChI is InChI=1S/C14H21N3O2.ClH/c1-9(10(2)15)13(18)16-11(3)14(19)17-12-7-5-4-6-8-12;/h4-11H,15H2,1-3H3,(H,16,18)(H,17,19);1H. The molecule has 0 aliphatic rings. The van der Waals surface area contributed by atoms with Gasteiger partial charge in [-0.05, 0) is 26.0 Å². The van der Waals surface area contributed by atoms with Gasteiger partial charge in [0, 0.05) is 17.6 Å². The lowest BCUT2D eigenvalue weighted by atomic mass is 10.0. The zero-order valence-electron chi connectivity index (χ0n) is 11.9. The zero-order chi connectivity index (χ0) is 14.4. The minimum absolute atomic E-state index is 0. The number of amides is 2. The molecule has 0 heterocycles. The molecule has 3 atom stereocenters. The van der Waals surface area contributed by atoms with E-state index in [-0.39, 0.29) is 36.2 Å². The van der Waals surface area contributed by atoms with E-state index in [1.807, 2.05) is 18.2 Å². The van der Waals surface area contributed by atoms with Crippen molar-refractivity contribution in [2.45, 2.75) is 32.9 Å². The van der Waals surface area contributed by atoms with Crippen molar-refractivity contribution in [3.05, 3.63) is 30.3 Å². The summed E-state index contributed by atoms with van der Waals surface area (Å²) in [7, 11) is 0. The molecule has 20 heavy (non-hydrogen) atoms. The van der Waals surface area contributed by atoms with Crippen LogP contribution in [0.25, 0.3) is 0 Å². The van der Waals surface area contributed by atoms with Gasteiger partial charge in [0.05, 0.1) is 0 Å². The van der Waals surface area contributed by atoms with Crippen molar-refractivity contribution >= 4 is 29.9 Å². The van der Waals surface area contributed by atoms with Crippen LogP contribution in [-0.2, 0) is 9.59 Å². The van der Waals surface area contributed by atoms with Gasteiger partial charge in [-0.15, -0.1) is 12.4 Å². The number of para-hydroxylation sites is 1. The second-order valence-electron chi connectivity index (χ2n) is 4.73. The van der Waals surface area contributed by atoms with Crippen molar-refractivity contribution in [1.29, 1.82) is 0 Å². The van der Waals surface area contributed by atoms with E-state index in [1.54, 1.807) is 32.9 Å². The van der Waals surface area contributed by atoms with Crippen LogP contribution < -0.4 is 16.4 Å². The normalized spacial score (nSPS) is 14.4. The van der Waals surface area contributed by atoms with Gasteiger partial charge in [-0.25, -0.2) is 0 Å². The number of nitrogens with one attached hydrogen (secondary N) is 2. The second-order valence-corrected chi connectivity index (χ2v) is 4.73. The third-order valence-corrected chi connectivity index (χ3v) is 3.00. The molecular formula is C14H22ClN3O2. The van der Waals surface area contributed by atoms with Crippen LogP contribution in [0.2, 0.25) is 0 Å². The Kier molecular flexibility index (Phi) is 7.87. The maximum absolute atomic E-state index is 11.9. The van der Waals surface area contributed by atoms with Gasteiger partial charge in [-0.3, -0.25) is 9.59 Å². The van der Waals surface area contributed by atoms with Crippen LogP contribution in [0.3, 0.4) is 0 Å². The number of halogens is 1. The summed E-state index contributed by atoms with van der Waals surface area (Å²) < 4.78 is 0. The molecule has 1 aromatic rings. The van der Waals surface area contributed by atoms with Gasteiger partial charge in [0.2, 0.25) is 11.8 Å². The van der Waals surface area contributed by atoms with Crippen molar-refractivity contribution in [3.8, 4) is 0 Å². The molecule has 0 aliphatic heterocycles. The fraction of sp³-hybridized carbons (Fsp3) is 0.429. The lowest BCUT2D eigenvalue weighted by Crippen LogP contribution is -2.46. The lowest BCUT2D eigenvalue weighted by molar-refractivity contribution is -0.128. The molecule has 0 bridgehead atoms. The summed E-state index contributed by atoms with van der Waals surface area (Å²) in [6.07, 6.45) is 0. The summed E-state index contributed by atoms with van der Waals surface area (Å²) >= 11 is 0. The molecule has 1 aromatic carbocycles. The lowest BCUT2D eigenvalue weighted by Gasteiger charge is -2.19. The van der Waals surface area contributed by atoms with Gasteiger partial charge in [0.1, 0.15) is 6.04 Å². The van der Waals surface area contributed by atoms with Gasteiger partial charge in [0.15, 0.2) is 0 Å². The van der Waals surface area contributed by atoms with Gasteiger partial charge in [-0.2, -0.15) is 0 Å². The SMILES string of the molecule is CC(NC(=O)C(C)C(C)N)C(=O)Nc1ccccc1.Cl. The molecule has 0 saturated heterocycles. The van der Waals surface area contributed by atoms with E-state index in [9.17, 15) is 9.59 Å². The average Bonchev–Trinajstić information content (AvgIpc) is 2.38. The fourth-order valence-corrected chi connectivity index (χ4v) is 1.42. The van der Waals surface area contributed by atoms with E-state index in [2.05, 4.69) is 10.6 Å². The van der Waals surface area contributed by atoms with Crippen LogP contribution >= 0.6 is 12.4 Å². The van der Waals surface area contributed by atoms with E-state index < -0.39 is 6.04 Å². The number of hydrogen-bond donors (Lipinski definition) is 3. The summed E-state index contributed by atoms with van der Waals surface area (Å²) in [4.78, 5) is 23.7. The highest BCUT2D eigenvalue weighted by atomic mass is 35.5. The molecule has 2 amide bonds. The van der Waals surface area contributed by atoms with Gasteiger partial charge >= 0.3 is 0 Å². The van der Waals surface area contributed by atoms with Crippen LogP contribution in [0, 0.1) is 5.92 Å². The molecule has 4 N–H and O–H groups in total. The van der Waals surface area contributed by atoms with Gasteiger partial charge in [0.25, 0.3) is 0 Å². The largest absolute Gasteiger partial charge is 0.344 e. The van der Waals surface area contributed by atoms with Gasteiger partial charge < -0.3 is 16.4 Å².